The van der Waals surface area contributed by atoms with E-state index in [1.807, 2.05) is 60.7 Å². The summed E-state index contributed by atoms with van der Waals surface area (Å²) in [5.74, 6) is 0.0956. The van der Waals surface area contributed by atoms with E-state index in [0.717, 1.165) is 0 Å². The van der Waals surface area contributed by atoms with Crippen molar-refractivity contribution in [1.82, 2.24) is 5.43 Å². The molecule has 0 spiro atoms. The van der Waals surface area contributed by atoms with E-state index in [2.05, 4.69) is 5.43 Å². The maximum absolute atomic E-state index is 13.3. The summed E-state index contributed by atoms with van der Waals surface area (Å²) in [7, 11) is 0. The molecule has 1 fully saturated rings. The number of nitrogens with zero attached hydrogens (tertiary/aromatic N) is 3. The van der Waals surface area contributed by atoms with Gasteiger partial charge in [-0.05, 0) is 42.5 Å². The van der Waals surface area contributed by atoms with Gasteiger partial charge in [-0.2, -0.15) is 0 Å². The Hall–Kier alpha value is -3.77. The van der Waals surface area contributed by atoms with Crippen LogP contribution in [0.4, 0.5) is 27.5 Å². The Balaban J connectivity index is 1.68. The zero-order chi connectivity index (χ0) is 20.0. The van der Waals surface area contributed by atoms with Gasteiger partial charge in [0, 0.05) is 16.8 Å². The molecule has 5 rings (SSSR count). The number of rotatable bonds is 2. The van der Waals surface area contributed by atoms with Crippen molar-refractivity contribution in [3.63, 3.8) is 0 Å². The molecule has 0 aliphatic carbocycles. The van der Waals surface area contributed by atoms with Gasteiger partial charge in [-0.1, -0.05) is 48.0 Å². The molecule has 0 atom stereocenters. The van der Waals surface area contributed by atoms with E-state index in [4.69, 9.17) is 11.6 Å². The molecule has 2 aliphatic rings. The van der Waals surface area contributed by atoms with Crippen LogP contribution in [0.3, 0.4) is 0 Å². The van der Waals surface area contributed by atoms with Crippen LogP contribution in [0, 0.1) is 0 Å². The highest BCUT2D eigenvalue weighted by atomic mass is 35.5. The van der Waals surface area contributed by atoms with Gasteiger partial charge in [-0.15, -0.1) is 0 Å². The highest BCUT2D eigenvalue weighted by Gasteiger charge is 2.40. The van der Waals surface area contributed by atoms with E-state index in [0.29, 0.717) is 33.6 Å². The van der Waals surface area contributed by atoms with Crippen molar-refractivity contribution < 1.29 is 9.59 Å². The van der Waals surface area contributed by atoms with Crippen molar-refractivity contribution >= 4 is 46.3 Å². The highest BCUT2D eigenvalue weighted by molar-refractivity contribution is 6.31. The average molecular weight is 403 g/mol. The third-order valence-corrected chi connectivity index (χ3v) is 5.01. The summed E-state index contributed by atoms with van der Waals surface area (Å²) < 4.78 is 0. The lowest BCUT2D eigenvalue weighted by Crippen LogP contribution is -2.35. The van der Waals surface area contributed by atoms with Gasteiger partial charge in [0.05, 0.1) is 17.1 Å². The van der Waals surface area contributed by atoms with E-state index in [1.165, 1.54) is 16.0 Å². The molecule has 2 aliphatic heterocycles. The normalized spacial score (nSPS) is 15.5. The Morgan fingerprint density at radius 3 is 2.07 bits per heavy atom. The second-order valence-corrected chi connectivity index (χ2v) is 7.01. The number of fused-ring (bicyclic) bond motifs is 3. The first kappa shape index (κ1) is 17.3. The molecule has 142 valence electrons. The minimum atomic E-state index is -0.311. The number of benzene rings is 3. The number of hydrogen-bond donors (Lipinski definition) is 1. The number of amides is 3. The first-order valence-corrected chi connectivity index (χ1v) is 9.37. The van der Waals surface area contributed by atoms with Gasteiger partial charge < -0.3 is 0 Å². The number of para-hydroxylation sites is 2. The van der Waals surface area contributed by atoms with Crippen molar-refractivity contribution in [1.29, 1.82) is 0 Å². The number of hydrazine groups is 1. The Bertz CT molecular complexity index is 1150. The first-order chi connectivity index (χ1) is 14.1. The van der Waals surface area contributed by atoms with Crippen LogP contribution in [0.2, 0.25) is 5.02 Å². The summed E-state index contributed by atoms with van der Waals surface area (Å²) in [4.78, 5) is 29.5. The van der Waals surface area contributed by atoms with Crippen molar-refractivity contribution in [2.45, 2.75) is 0 Å². The number of nitrogens with one attached hydrogen (secondary N) is 1. The second kappa shape index (κ2) is 6.68. The van der Waals surface area contributed by atoms with E-state index in [9.17, 15) is 9.59 Å². The van der Waals surface area contributed by atoms with Gasteiger partial charge >= 0.3 is 6.03 Å². The third kappa shape index (κ3) is 2.81. The fourth-order valence-electron chi connectivity index (χ4n) is 3.51. The fourth-order valence-corrected chi connectivity index (χ4v) is 3.67. The number of anilines is 4. The van der Waals surface area contributed by atoms with Crippen LogP contribution in [-0.4, -0.2) is 11.9 Å². The summed E-state index contributed by atoms with van der Waals surface area (Å²) in [6.07, 6.45) is 1.42. The molecule has 1 saturated heterocycles. The minimum absolute atomic E-state index is 0.285. The van der Waals surface area contributed by atoms with Crippen LogP contribution < -0.4 is 20.2 Å². The van der Waals surface area contributed by atoms with Crippen LogP contribution in [0.1, 0.15) is 0 Å². The molecule has 0 aromatic heterocycles. The molecule has 0 radical (unpaired) electrons. The summed E-state index contributed by atoms with van der Waals surface area (Å²) >= 11 is 6.25. The van der Waals surface area contributed by atoms with Crippen molar-refractivity contribution in [3.05, 3.63) is 95.8 Å². The maximum Gasteiger partial charge on any atom is 0.353 e. The summed E-state index contributed by atoms with van der Waals surface area (Å²) in [6.45, 7) is 0. The predicted octanol–water partition coefficient (Wildman–Crippen LogP) is 4.81. The fraction of sp³-hybridized carbons (Fsp3) is 0. The standard InChI is InChI=1S/C22H15ClN4O2/c23-15-11-12-18-19(13-15)25(16-7-3-1-4-8-16)21(28)14-20-24-27(22(29)26(18)20)17-9-5-2-6-10-17/h1-14,24H. The quantitative estimate of drug-likeness (QED) is 0.669. The lowest BCUT2D eigenvalue weighted by molar-refractivity contribution is -0.113. The zero-order valence-electron chi connectivity index (χ0n) is 15.1. The predicted molar refractivity (Wildman–Crippen MR) is 113 cm³/mol. The Morgan fingerprint density at radius 2 is 1.38 bits per heavy atom. The largest absolute Gasteiger partial charge is 0.353 e. The number of halogens is 1. The lowest BCUT2D eigenvalue weighted by atomic mass is 10.2. The molecule has 2 heterocycles. The molecule has 0 saturated carbocycles. The van der Waals surface area contributed by atoms with Gasteiger partial charge in [0.1, 0.15) is 5.82 Å². The number of carbonyl (C=O) groups excluding carboxylic acids is 2. The summed E-state index contributed by atoms with van der Waals surface area (Å²) in [5.41, 5.74) is 5.50. The molecule has 6 nitrogen and oxygen atoms in total. The molecule has 7 heteroatoms. The monoisotopic (exact) mass is 402 g/mol. The molecule has 0 bridgehead atoms. The number of hydrogen-bond acceptors (Lipinski definition) is 3. The molecular formula is C22H15ClN4O2. The Morgan fingerprint density at radius 1 is 0.724 bits per heavy atom. The molecular weight excluding hydrogens is 388 g/mol. The maximum atomic E-state index is 13.3. The van der Waals surface area contributed by atoms with Crippen molar-refractivity contribution in [2.75, 3.05) is 14.8 Å². The Labute approximate surface area is 172 Å². The van der Waals surface area contributed by atoms with E-state index in [-0.39, 0.29) is 11.9 Å². The highest BCUT2D eigenvalue weighted by Crippen LogP contribution is 2.42. The van der Waals surface area contributed by atoms with Gasteiger partial charge in [0.2, 0.25) is 0 Å². The number of urea groups is 1. The molecule has 3 aromatic carbocycles. The summed E-state index contributed by atoms with van der Waals surface area (Å²) in [5, 5.41) is 1.89. The van der Waals surface area contributed by atoms with Crippen LogP contribution in [0.25, 0.3) is 0 Å². The molecule has 3 aromatic rings. The molecule has 0 unspecified atom stereocenters. The smallest absolute Gasteiger partial charge is 0.275 e. The average Bonchev–Trinajstić information content (AvgIpc) is 2.99. The van der Waals surface area contributed by atoms with Crippen LogP contribution >= 0.6 is 11.6 Å². The van der Waals surface area contributed by atoms with Crippen LogP contribution in [0.15, 0.2) is 90.8 Å². The van der Waals surface area contributed by atoms with Gasteiger partial charge in [-0.3, -0.25) is 15.1 Å². The second-order valence-electron chi connectivity index (χ2n) is 6.57. The third-order valence-electron chi connectivity index (χ3n) is 4.78. The molecule has 3 amide bonds. The first-order valence-electron chi connectivity index (χ1n) is 9.00. The van der Waals surface area contributed by atoms with E-state index >= 15 is 0 Å². The van der Waals surface area contributed by atoms with Gasteiger partial charge in [-0.25, -0.2) is 14.7 Å². The number of carbonyl (C=O) groups is 2. The SMILES string of the molecule is O=C1N(c2ccccc2)NC2=CC(=O)N(c3ccccc3)c3cc(Cl)ccc3N12. The zero-order valence-corrected chi connectivity index (χ0v) is 15.9. The summed E-state index contributed by atoms with van der Waals surface area (Å²) in [6, 6.07) is 23.3. The van der Waals surface area contributed by atoms with Crippen molar-refractivity contribution in [3.8, 4) is 0 Å². The van der Waals surface area contributed by atoms with Gasteiger partial charge in [0.15, 0.2) is 0 Å². The lowest BCUT2D eigenvalue weighted by Gasteiger charge is -2.25. The van der Waals surface area contributed by atoms with Gasteiger partial charge in [0.25, 0.3) is 5.91 Å². The van der Waals surface area contributed by atoms with Crippen LogP contribution in [-0.2, 0) is 4.79 Å². The van der Waals surface area contributed by atoms with E-state index < -0.39 is 0 Å². The van der Waals surface area contributed by atoms with E-state index in [1.54, 1.807) is 23.1 Å². The Kier molecular flexibility index (Phi) is 4.00. The minimum Gasteiger partial charge on any atom is -0.275 e. The van der Waals surface area contributed by atoms with Crippen molar-refractivity contribution in [2.24, 2.45) is 0 Å². The molecule has 1 N–H and O–H groups in total. The molecule has 29 heavy (non-hydrogen) atoms. The topological polar surface area (TPSA) is 55.9 Å². The van der Waals surface area contributed by atoms with Crippen LogP contribution in [0.5, 0.6) is 0 Å².